The third-order valence-corrected chi connectivity index (χ3v) is 2.84. The first-order valence-electron chi connectivity index (χ1n) is 6.22. The van der Waals surface area contributed by atoms with Gasteiger partial charge in [0.2, 0.25) is 0 Å². The highest BCUT2D eigenvalue weighted by atomic mass is 16.6. The van der Waals surface area contributed by atoms with Gasteiger partial charge in [-0.3, -0.25) is 10.1 Å². The van der Waals surface area contributed by atoms with Crippen LogP contribution in [0.4, 0.5) is 5.69 Å². The highest BCUT2D eigenvalue weighted by molar-refractivity contribution is 5.68. The van der Waals surface area contributed by atoms with Crippen molar-refractivity contribution >= 4 is 11.7 Å². The third-order valence-electron chi connectivity index (χ3n) is 2.84. The minimum Gasteiger partial charge on any atom is -0.482 e. The summed E-state index contributed by atoms with van der Waals surface area (Å²) in [5, 5.41) is 19.5. The van der Waals surface area contributed by atoms with Crippen molar-refractivity contribution in [3.05, 3.63) is 69.8 Å². The van der Waals surface area contributed by atoms with Crippen molar-refractivity contribution in [1.29, 1.82) is 0 Å². The summed E-state index contributed by atoms with van der Waals surface area (Å²) in [6.45, 7) is -0.487. The van der Waals surface area contributed by atoms with Gasteiger partial charge in [-0.15, -0.1) is 0 Å². The van der Waals surface area contributed by atoms with Crippen LogP contribution in [0.15, 0.2) is 48.5 Å². The number of nitrogens with zero attached hydrogens (tertiary/aromatic N) is 1. The van der Waals surface area contributed by atoms with Gasteiger partial charge >= 0.3 is 5.97 Å². The van der Waals surface area contributed by atoms with Crippen LogP contribution in [0.1, 0.15) is 11.1 Å². The number of non-ortho nitro benzene ring substituents is 1. The zero-order valence-corrected chi connectivity index (χ0v) is 11.1. The van der Waals surface area contributed by atoms with Crippen molar-refractivity contribution < 1.29 is 19.6 Å². The van der Waals surface area contributed by atoms with Gasteiger partial charge in [0.15, 0.2) is 6.61 Å². The van der Waals surface area contributed by atoms with Crippen molar-refractivity contribution in [1.82, 2.24) is 0 Å². The number of nitro benzene ring substituents is 1. The molecule has 1 N–H and O–H groups in total. The lowest BCUT2D eigenvalue weighted by Gasteiger charge is -2.10. The Bertz CT molecular complexity index is 654. The highest BCUT2D eigenvalue weighted by Gasteiger charge is 2.13. The molecule has 0 fully saturated rings. The Balaban J connectivity index is 2.31. The SMILES string of the molecule is O=C(O)COc1ccc([N+](=O)[O-])cc1Cc1ccccc1. The minimum atomic E-state index is -1.10. The summed E-state index contributed by atoms with van der Waals surface area (Å²) < 4.78 is 5.18. The summed E-state index contributed by atoms with van der Waals surface area (Å²) >= 11 is 0. The largest absolute Gasteiger partial charge is 0.482 e. The molecule has 6 heteroatoms. The number of aliphatic carboxylic acids is 1. The summed E-state index contributed by atoms with van der Waals surface area (Å²) in [7, 11) is 0. The van der Waals surface area contributed by atoms with E-state index in [9.17, 15) is 14.9 Å². The molecule has 21 heavy (non-hydrogen) atoms. The molecular weight excluding hydrogens is 274 g/mol. The van der Waals surface area contributed by atoms with Crippen molar-refractivity contribution in [2.75, 3.05) is 6.61 Å². The average molecular weight is 287 g/mol. The quantitative estimate of drug-likeness (QED) is 0.651. The molecule has 2 aromatic rings. The molecule has 0 aromatic heterocycles. The van der Waals surface area contributed by atoms with E-state index in [4.69, 9.17) is 9.84 Å². The molecule has 0 saturated heterocycles. The predicted octanol–water partition coefficient (Wildman–Crippen LogP) is 2.65. The average Bonchev–Trinajstić information content (AvgIpc) is 2.46. The number of nitro groups is 1. The Kier molecular flexibility index (Phi) is 4.50. The zero-order chi connectivity index (χ0) is 15.2. The second-order valence-electron chi connectivity index (χ2n) is 4.39. The first kappa shape index (κ1) is 14.5. The van der Waals surface area contributed by atoms with Gasteiger partial charge in [0.25, 0.3) is 5.69 Å². The van der Waals surface area contributed by atoms with E-state index in [1.165, 1.54) is 18.2 Å². The molecule has 2 aromatic carbocycles. The molecule has 6 nitrogen and oxygen atoms in total. The Morgan fingerprint density at radius 1 is 1.19 bits per heavy atom. The van der Waals surface area contributed by atoms with Crippen LogP contribution in [0.2, 0.25) is 0 Å². The van der Waals surface area contributed by atoms with Gasteiger partial charge < -0.3 is 9.84 Å². The minimum absolute atomic E-state index is 0.0522. The number of carbonyl (C=O) groups is 1. The molecule has 0 bridgehead atoms. The Morgan fingerprint density at radius 2 is 1.90 bits per heavy atom. The van der Waals surface area contributed by atoms with Crippen LogP contribution in [-0.2, 0) is 11.2 Å². The van der Waals surface area contributed by atoms with Crippen LogP contribution in [0, 0.1) is 10.1 Å². The lowest BCUT2D eigenvalue weighted by atomic mass is 10.0. The molecule has 0 heterocycles. The number of carboxylic acids is 1. The number of benzene rings is 2. The maximum atomic E-state index is 10.9. The Morgan fingerprint density at radius 3 is 2.52 bits per heavy atom. The van der Waals surface area contributed by atoms with Crippen molar-refractivity contribution in [2.24, 2.45) is 0 Å². The predicted molar refractivity (Wildman–Crippen MR) is 75.5 cm³/mol. The lowest BCUT2D eigenvalue weighted by Crippen LogP contribution is -2.10. The normalized spacial score (nSPS) is 10.1. The van der Waals surface area contributed by atoms with E-state index in [-0.39, 0.29) is 5.69 Å². The second kappa shape index (κ2) is 6.51. The number of rotatable bonds is 6. The van der Waals surface area contributed by atoms with E-state index in [2.05, 4.69) is 0 Å². The molecular formula is C15H13NO5. The van der Waals surface area contributed by atoms with E-state index < -0.39 is 17.5 Å². The van der Waals surface area contributed by atoms with Crippen LogP contribution in [0.3, 0.4) is 0 Å². The fraction of sp³-hybridized carbons (Fsp3) is 0.133. The fourth-order valence-electron chi connectivity index (χ4n) is 1.91. The highest BCUT2D eigenvalue weighted by Crippen LogP contribution is 2.26. The van der Waals surface area contributed by atoms with E-state index in [0.29, 0.717) is 17.7 Å². The van der Waals surface area contributed by atoms with E-state index >= 15 is 0 Å². The van der Waals surface area contributed by atoms with Crippen molar-refractivity contribution in [2.45, 2.75) is 6.42 Å². The van der Waals surface area contributed by atoms with Crippen LogP contribution < -0.4 is 4.74 Å². The summed E-state index contributed by atoms with van der Waals surface area (Å²) in [6.07, 6.45) is 0.428. The van der Waals surface area contributed by atoms with Gasteiger partial charge in [-0.1, -0.05) is 30.3 Å². The molecule has 0 aliphatic rings. The third kappa shape index (κ3) is 4.04. The van der Waals surface area contributed by atoms with E-state index in [1.807, 2.05) is 30.3 Å². The van der Waals surface area contributed by atoms with Gasteiger partial charge in [0, 0.05) is 24.1 Å². The number of ether oxygens (including phenoxy) is 1. The van der Waals surface area contributed by atoms with Crippen LogP contribution in [-0.4, -0.2) is 22.6 Å². The number of hydrogen-bond donors (Lipinski definition) is 1. The van der Waals surface area contributed by atoms with Crippen molar-refractivity contribution in [3.8, 4) is 5.75 Å². The first-order chi connectivity index (χ1) is 10.1. The molecule has 108 valence electrons. The van der Waals surface area contributed by atoms with E-state index in [0.717, 1.165) is 5.56 Å². The molecule has 2 rings (SSSR count). The Labute approximate surface area is 120 Å². The van der Waals surface area contributed by atoms with Gasteiger partial charge in [0.05, 0.1) is 4.92 Å². The number of hydrogen-bond acceptors (Lipinski definition) is 4. The maximum absolute atomic E-state index is 10.9. The second-order valence-corrected chi connectivity index (χ2v) is 4.39. The first-order valence-corrected chi connectivity index (χ1v) is 6.22. The van der Waals surface area contributed by atoms with E-state index in [1.54, 1.807) is 0 Å². The summed E-state index contributed by atoms with van der Waals surface area (Å²) in [4.78, 5) is 20.9. The Hall–Kier alpha value is -2.89. The zero-order valence-electron chi connectivity index (χ0n) is 11.1. The molecule has 0 atom stereocenters. The number of carboxylic acid groups (broad SMARTS) is 1. The van der Waals surface area contributed by atoms with Crippen LogP contribution in [0.25, 0.3) is 0 Å². The lowest BCUT2D eigenvalue weighted by molar-refractivity contribution is -0.384. The standard InChI is InChI=1S/C15H13NO5/c17-15(18)10-21-14-7-6-13(16(19)20)9-12(14)8-11-4-2-1-3-5-11/h1-7,9H,8,10H2,(H,17,18). The summed E-state index contributed by atoms with van der Waals surface area (Å²) in [5.74, 6) is -0.758. The van der Waals surface area contributed by atoms with Crippen molar-refractivity contribution in [3.63, 3.8) is 0 Å². The van der Waals surface area contributed by atoms with Gasteiger partial charge in [-0.2, -0.15) is 0 Å². The smallest absolute Gasteiger partial charge is 0.341 e. The van der Waals surface area contributed by atoms with Crippen LogP contribution in [0.5, 0.6) is 5.75 Å². The topological polar surface area (TPSA) is 89.7 Å². The van der Waals surface area contributed by atoms with Gasteiger partial charge in [-0.25, -0.2) is 4.79 Å². The monoisotopic (exact) mass is 287 g/mol. The maximum Gasteiger partial charge on any atom is 0.341 e. The summed E-state index contributed by atoms with van der Waals surface area (Å²) in [6, 6.07) is 13.5. The molecule has 0 aliphatic heterocycles. The van der Waals surface area contributed by atoms with Gasteiger partial charge in [0.1, 0.15) is 5.75 Å². The fourth-order valence-corrected chi connectivity index (χ4v) is 1.91. The molecule has 0 amide bonds. The molecule has 0 radical (unpaired) electrons. The molecule has 0 saturated carbocycles. The van der Waals surface area contributed by atoms with Crippen LogP contribution >= 0.6 is 0 Å². The molecule has 0 spiro atoms. The van der Waals surface area contributed by atoms with Gasteiger partial charge in [-0.05, 0) is 11.6 Å². The summed E-state index contributed by atoms with van der Waals surface area (Å²) in [5.41, 5.74) is 1.48. The molecule has 0 unspecified atom stereocenters. The molecule has 0 aliphatic carbocycles.